The van der Waals surface area contributed by atoms with Crippen molar-refractivity contribution in [3.05, 3.63) is 34.9 Å². The van der Waals surface area contributed by atoms with Crippen molar-refractivity contribution in [2.45, 2.75) is 44.9 Å². The summed E-state index contributed by atoms with van der Waals surface area (Å²) in [6, 6.07) is 5.20. The molecule has 1 aliphatic heterocycles. The number of fused-ring (bicyclic) bond motifs is 1. The smallest absolute Gasteiger partial charge is 0.261 e. The van der Waals surface area contributed by atoms with Gasteiger partial charge in [-0.05, 0) is 44.9 Å². The lowest BCUT2D eigenvalue weighted by molar-refractivity contribution is -0.0221. The van der Waals surface area contributed by atoms with E-state index in [1.54, 1.807) is 29.1 Å². The van der Waals surface area contributed by atoms with E-state index in [9.17, 15) is 4.79 Å². The molecule has 0 radical (unpaired) electrons. The lowest BCUT2D eigenvalue weighted by atomic mass is 10.1. The van der Waals surface area contributed by atoms with Crippen LogP contribution in [0.2, 0.25) is 0 Å². The van der Waals surface area contributed by atoms with E-state index in [-0.39, 0.29) is 17.3 Å². The normalized spacial score (nSPS) is 21.4. The molecule has 2 N–H and O–H groups in total. The molecule has 1 unspecified atom stereocenters. The molecule has 2 aromatic rings. The van der Waals surface area contributed by atoms with Gasteiger partial charge in [0.15, 0.2) is 0 Å². The first-order valence-corrected chi connectivity index (χ1v) is 6.87. The van der Waals surface area contributed by atoms with E-state index in [1.165, 1.54) is 0 Å². The zero-order valence-electron chi connectivity index (χ0n) is 11.8. The second-order valence-electron chi connectivity index (χ2n) is 6.02. The topological polar surface area (TPSA) is 70.1 Å². The molecule has 106 valence electrons. The van der Waals surface area contributed by atoms with Crippen LogP contribution in [0.25, 0.3) is 10.9 Å². The minimum Gasteiger partial charge on any atom is -0.399 e. The van der Waals surface area contributed by atoms with Gasteiger partial charge in [0.25, 0.3) is 5.56 Å². The number of hydrogen-bond donors (Lipinski definition) is 1. The summed E-state index contributed by atoms with van der Waals surface area (Å²) < 4.78 is 7.55. The molecule has 1 atom stereocenters. The summed E-state index contributed by atoms with van der Waals surface area (Å²) in [5.41, 5.74) is 6.84. The summed E-state index contributed by atoms with van der Waals surface area (Å²) in [5, 5.41) is 0.560. The summed E-state index contributed by atoms with van der Waals surface area (Å²) in [6.45, 7) is 4.70. The number of nitrogen functional groups attached to an aromatic ring is 1. The van der Waals surface area contributed by atoms with Gasteiger partial charge in [0.2, 0.25) is 0 Å². The molecule has 1 aromatic carbocycles. The van der Waals surface area contributed by atoms with Crippen LogP contribution in [0.5, 0.6) is 0 Å². The number of ether oxygens (including phenoxy) is 1. The minimum atomic E-state index is -0.0943. The highest BCUT2D eigenvalue weighted by Gasteiger charge is 2.31. The summed E-state index contributed by atoms with van der Waals surface area (Å²) in [6.07, 6.45) is 3.65. The first-order valence-electron chi connectivity index (χ1n) is 6.87. The molecular formula is C15H19N3O2. The Balaban J connectivity index is 1.93. The molecular weight excluding hydrogens is 254 g/mol. The first kappa shape index (κ1) is 13.1. The molecule has 0 saturated carbocycles. The molecule has 5 heteroatoms. The van der Waals surface area contributed by atoms with Gasteiger partial charge >= 0.3 is 0 Å². The van der Waals surface area contributed by atoms with Crippen molar-refractivity contribution in [3.63, 3.8) is 0 Å². The average molecular weight is 273 g/mol. The number of anilines is 1. The van der Waals surface area contributed by atoms with E-state index in [0.29, 0.717) is 23.1 Å². The van der Waals surface area contributed by atoms with Gasteiger partial charge in [-0.3, -0.25) is 9.36 Å². The van der Waals surface area contributed by atoms with Gasteiger partial charge < -0.3 is 10.5 Å². The SMILES string of the molecule is CC1(C)CCC(Cn2cnc3ccc(N)cc3c2=O)O1. The lowest BCUT2D eigenvalue weighted by Gasteiger charge is -2.19. The molecule has 5 nitrogen and oxygen atoms in total. The number of nitrogens with two attached hydrogens (primary N) is 1. The van der Waals surface area contributed by atoms with Crippen LogP contribution in [0.15, 0.2) is 29.3 Å². The van der Waals surface area contributed by atoms with E-state index < -0.39 is 0 Å². The van der Waals surface area contributed by atoms with E-state index in [1.807, 2.05) is 0 Å². The quantitative estimate of drug-likeness (QED) is 0.849. The van der Waals surface area contributed by atoms with Crippen LogP contribution in [-0.4, -0.2) is 21.3 Å². The number of benzene rings is 1. The average Bonchev–Trinajstić information content (AvgIpc) is 2.73. The summed E-state index contributed by atoms with van der Waals surface area (Å²) in [4.78, 5) is 16.8. The highest BCUT2D eigenvalue weighted by molar-refractivity contribution is 5.80. The van der Waals surface area contributed by atoms with Gasteiger partial charge in [-0.2, -0.15) is 0 Å². The van der Waals surface area contributed by atoms with E-state index in [2.05, 4.69) is 18.8 Å². The fourth-order valence-corrected chi connectivity index (χ4v) is 2.73. The molecule has 1 aliphatic rings. The van der Waals surface area contributed by atoms with Crippen molar-refractivity contribution in [2.75, 3.05) is 5.73 Å². The third-order valence-corrected chi connectivity index (χ3v) is 3.80. The summed E-state index contributed by atoms with van der Waals surface area (Å²) >= 11 is 0. The fourth-order valence-electron chi connectivity index (χ4n) is 2.73. The van der Waals surface area contributed by atoms with Gasteiger partial charge in [-0.1, -0.05) is 0 Å². The largest absolute Gasteiger partial charge is 0.399 e. The molecule has 0 amide bonds. The maximum absolute atomic E-state index is 12.4. The summed E-state index contributed by atoms with van der Waals surface area (Å²) in [7, 11) is 0. The molecule has 3 rings (SSSR count). The number of aromatic nitrogens is 2. The maximum Gasteiger partial charge on any atom is 0.261 e. The number of nitrogens with zero attached hydrogens (tertiary/aromatic N) is 2. The van der Waals surface area contributed by atoms with Crippen LogP contribution in [0.1, 0.15) is 26.7 Å². The Hall–Kier alpha value is -1.88. The van der Waals surface area contributed by atoms with Gasteiger partial charge in [0.05, 0.1) is 35.5 Å². The van der Waals surface area contributed by atoms with Crippen LogP contribution in [0.3, 0.4) is 0 Å². The Morgan fingerprint density at radius 1 is 1.50 bits per heavy atom. The van der Waals surface area contributed by atoms with Crippen molar-refractivity contribution >= 4 is 16.6 Å². The van der Waals surface area contributed by atoms with Crippen molar-refractivity contribution < 1.29 is 4.74 Å². The molecule has 0 spiro atoms. The highest BCUT2D eigenvalue weighted by atomic mass is 16.5. The maximum atomic E-state index is 12.4. The zero-order valence-corrected chi connectivity index (χ0v) is 11.8. The Morgan fingerprint density at radius 3 is 3.00 bits per heavy atom. The number of rotatable bonds is 2. The van der Waals surface area contributed by atoms with Crippen LogP contribution in [0.4, 0.5) is 5.69 Å². The predicted octanol–water partition coefficient (Wildman–Crippen LogP) is 1.94. The van der Waals surface area contributed by atoms with E-state index >= 15 is 0 Å². The first-order chi connectivity index (χ1) is 9.44. The van der Waals surface area contributed by atoms with Gasteiger partial charge in [0.1, 0.15) is 0 Å². The molecule has 2 heterocycles. The number of hydrogen-bond acceptors (Lipinski definition) is 4. The van der Waals surface area contributed by atoms with E-state index in [0.717, 1.165) is 12.8 Å². The molecule has 1 aromatic heterocycles. The summed E-state index contributed by atoms with van der Waals surface area (Å²) in [5.74, 6) is 0. The van der Waals surface area contributed by atoms with Crippen molar-refractivity contribution in [1.82, 2.24) is 9.55 Å². The molecule has 20 heavy (non-hydrogen) atoms. The van der Waals surface area contributed by atoms with Gasteiger partial charge in [-0.15, -0.1) is 0 Å². The lowest BCUT2D eigenvalue weighted by Crippen LogP contribution is -2.28. The minimum absolute atomic E-state index is 0.0596. The fraction of sp³-hybridized carbons (Fsp3) is 0.467. The third-order valence-electron chi connectivity index (χ3n) is 3.80. The van der Waals surface area contributed by atoms with Crippen LogP contribution < -0.4 is 11.3 Å². The molecule has 0 bridgehead atoms. The second-order valence-corrected chi connectivity index (χ2v) is 6.02. The van der Waals surface area contributed by atoms with Gasteiger partial charge in [0, 0.05) is 5.69 Å². The third kappa shape index (κ3) is 2.41. The Morgan fingerprint density at radius 2 is 2.30 bits per heavy atom. The Bertz CT molecular complexity index is 706. The standard InChI is InChI=1S/C15H19N3O2/c1-15(2)6-5-11(20-15)8-18-9-17-13-4-3-10(16)7-12(13)14(18)19/h3-4,7,9,11H,5-6,8,16H2,1-2H3. The monoisotopic (exact) mass is 273 g/mol. The predicted molar refractivity (Wildman–Crippen MR) is 78.6 cm³/mol. The Kier molecular flexibility index (Phi) is 3.01. The van der Waals surface area contributed by atoms with Crippen LogP contribution in [-0.2, 0) is 11.3 Å². The second kappa shape index (κ2) is 4.59. The zero-order chi connectivity index (χ0) is 14.3. The molecule has 0 aliphatic carbocycles. The van der Waals surface area contributed by atoms with Crippen molar-refractivity contribution in [3.8, 4) is 0 Å². The van der Waals surface area contributed by atoms with Crippen molar-refractivity contribution in [1.29, 1.82) is 0 Å². The van der Waals surface area contributed by atoms with Crippen LogP contribution in [0, 0.1) is 0 Å². The van der Waals surface area contributed by atoms with E-state index in [4.69, 9.17) is 10.5 Å². The molecule has 1 fully saturated rings. The van der Waals surface area contributed by atoms with Gasteiger partial charge in [-0.25, -0.2) is 4.98 Å². The molecule has 1 saturated heterocycles. The van der Waals surface area contributed by atoms with Crippen LogP contribution >= 0.6 is 0 Å². The highest BCUT2D eigenvalue weighted by Crippen LogP contribution is 2.29. The van der Waals surface area contributed by atoms with Crippen molar-refractivity contribution in [2.24, 2.45) is 0 Å². The Labute approximate surface area is 117 Å².